The number of aryl methyl sites for hydroxylation is 3. The number of carbonyl (C=O) groups excluding carboxylic acids is 1. The molecule has 3 aromatic rings. The zero-order chi connectivity index (χ0) is 20.4. The van der Waals surface area contributed by atoms with Crippen molar-refractivity contribution in [3.63, 3.8) is 0 Å². The topological polar surface area (TPSA) is 63.1 Å². The van der Waals surface area contributed by atoms with Crippen LogP contribution in [0.3, 0.4) is 0 Å². The van der Waals surface area contributed by atoms with E-state index >= 15 is 0 Å². The molecule has 0 spiro atoms. The van der Waals surface area contributed by atoms with Gasteiger partial charge in [-0.15, -0.1) is 10.2 Å². The van der Waals surface area contributed by atoms with Gasteiger partial charge in [0.2, 0.25) is 16.2 Å². The van der Waals surface area contributed by atoms with Crippen LogP contribution in [0.2, 0.25) is 0 Å². The number of hydrogen-bond donors (Lipinski definition) is 1. The van der Waals surface area contributed by atoms with Crippen LogP contribution in [0.5, 0.6) is 0 Å². The normalized spacial score (nSPS) is 16.8. The first-order valence-corrected chi connectivity index (χ1v) is 11.0. The first-order chi connectivity index (χ1) is 14.0. The lowest BCUT2D eigenvalue weighted by Gasteiger charge is -2.31. The van der Waals surface area contributed by atoms with E-state index in [0.29, 0.717) is 6.54 Å². The van der Waals surface area contributed by atoms with Gasteiger partial charge in [-0.1, -0.05) is 30.4 Å². The predicted octanol–water partition coefficient (Wildman–Crippen LogP) is 4.36. The maximum absolute atomic E-state index is 12.8. The van der Waals surface area contributed by atoms with E-state index in [9.17, 15) is 4.79 Å². The molecule has 0 bridgehead atoms. The van der Waals surface area contributed by atoms with E-state index in [2.05, 4.69) is 70.0 Å². The Morgan fingerprint density at radius 1 is 1.10 bits per heavy atom. The molecular formula is C22H27N5OS. The molecule has 152 valence electrons. The summed E-state index contributed by atoms with van der Waals surface area (Å²) in [7, 11) is 0. The number of benzene rings is 1. The van der Waals surface area contributed by atoms with Crippen LogP contribution >= 0.6 is 11.3 Å². The van der Waals surface area contributed by atoms with Crippen LogP contribution in [-0.2, 0) is 11.2 Å². The summed E-state index contributed by atoms with van der Waals surface area (Å²) in [5.74, 6) is 0.0396. The van der Waals surface area contributed by atoms with Crippen LogP contribution in [0.1, 0.15) is 36.7 Å². The highest BCUT2D eigenvalue weighted by molar-refractivity contribution is 7.17. The fraction of sp³-hybridized carbons (Fsp3) is 0.409. The van der Waals surface area contributed by atoms with Crippen molar-refractivity contribution in [3.05, 3.63) is 53.3 Å². The smallest absolute Gasteiger partial charge is 0.229 e. The van der Waals surface area contributed by atoms with Crippen LogP contribution in [-0.4, -0.2) is 33.8 Å². The number of nitrogens with one attached hydrogen (secondary N) is 1. The number of amides is 1. The second kappa shape index (κ2) is 8.37. The monoisotopic (exact) mass is 409 g/mol. The van der Waals surface area contributed by atoms with Crippen molar-refractivity contribution in [1.82, 2.24) is 14.8 Å². The SMILES string of the molecule is CCc1ccc(NC(=O)C2CCCN(c3nnc(-n4c(C)ccc4C)s3)C2)cc1. The van der Waals surface area contributed by atoms with Crippen molar-refractivity contribution in [1.29, 1.82) is 0 Å². The summed E-state index contributed by atoms with van der Waals surface area (Å²) in [5.41, 5.74) is 4.43. The summed E-state index contributed by atoms with van der Waals surface area (Å²) in [5, 5.41) is 13.7. The molecule has 1 saturated heterocycles. The predicted molar refractivity (Wildman–Crippen MR) is 118 cm³/mol. The minimum Gasteiger partial charge on any atom is -0.346 e. The van der Waals surface area contributed by atoms with E-state index in [1.54, 1.807) is 11.3 Å². The highest BCUT2D eigenvalue weighted by Gasteiger charge is 2.28. The Bertz CT molecular complexity index is 972. The Kier molecular flexibility index (Phi) is 5.67. The number of carbonyl (C=O) groups is 1. The Morgan fingerprint density at radius 3 is 2.48 bits per heavy atom. The molecule has 1 N–H and O–H groups in total. The molecule has 0 saturated carbocycles. The first kappa shape index (κ1) is 19.6. The minimum atomic E-state index is -0.0444. The summed E-state index contributed by atoms with van der Waals surface area (Å²) in [6.07, 6.45) is 2.87. The highest BCUT2D eigenvalue weighted by atomic mass is 32.1. The lowest BCUT2D eigenvalue weighted by molar-refractivity contribution is -0.120. The van der Waals surface area contributed by atoms with Crippen LogP contribution in [0.4, 0.5) is 10.8 Å². The number of hydrogen-bond acceptors (Lipinski definition) is 5. The summed E-state index contributed by atoms with van der Waals surface area (Å²) in [6, 6.07) is 12.3. The van der Waals surface area contributed by atoms with Gasteiger partial charge < -0.3 is 10.2 Å². The van der Waals surface area contributed by atoms with E-state index in [4.69, 9.17) is 0 Å². The molecule has 4 rings (SSSR count). The van der Waals surface area contributed by atoms with Gasteiger partial charge in [0.25, 0.3) is 0 Å². The van der Waals surface area contributed by atoms with Gasteiger partial charge >= 0.3 is 0 Å². The van der Waals surface area contributed by atoms with E-state index in [-0.39, 0.29) is 11.8 Å². The van der Waals surface area contributed by atoms with E-state index < -0.39 is 0 Å². The molecule has 1 fully saturated rings. The molecule has 1 unspecified atom stereocenters. The molecule has 6 nitrogen and oxygen atoms in total. The Hall–Kier alpha value is -2.67. The zero-order valence-electron chi connectivity index (χ0n) is 17.2. The standard InChI is InChI=1S/C22H27N5OS/c1-4-17-9-11-19(12-10-17)23-20(28)18-6-5-13-26(14-18)21-24-25-22(29-21)27-15(2)7-8-16(27)3/h7-12,18H,4-6,13-14H2,1-3H3,(H,23,28). The molecule has 1 aliphatic rings. The second-order valence-electron chi connectivity index (χ2n) is 7.64. The number of rotatable bonds is 5. The summed E-state index contributed by atoms with van der Waals surface area (Å²) in [4.78, 5) is 15.0. The lowest BCUT2D eigenvalue weighted by atomic mass is 9.97. The Balaban J connectivity index is 1.43. The van der Waals surface area contributed by atoms with Crippen molar-refractivity contribution >= 4 is 28.1 Å². The molecule has 29 heavy (non-hydrogen) atoms. The molecule has 3 heterocycles. The third kappa shape index (κ3) is 4.19. The summed E-state index contributed by atoms with van der Waals surface area (Å²) >= 11 is 1.58. The van der Waals surface area contributed by atoms with Gasteiger partial charge in [0, 0.05) is 30.2 Å². The number of piperidine rings is 1. The van der Waals surface area contributed by atoms with Crippen molar-refractivity contribution in [3.8, 4) is 5.13 Å². The van der Waals surface area contributed by atoms with Crippen LogP contribution in [0, 0.1) is 19.8 Å². The molecule has 0 radical (unpaired) electrons. The quantitative estimate of drug-likeness (QED) is 0.680. The third-order valence-corrected chi connectivity index (χ3v) is 6.53. The lowest BCUT2D eigenvalue weighted by Crippen LogP contribution is -2.40. The number of aromatic nitrogens is 3. The molecule has 1 atom stereocenters. The van der Waals surface area contributed by atoms with Gasteiger partial charge in [-0.2, -0.15) is 0 Å². The van der Waals surface area contributed by atoms with Crippen LogP contribution in [0.25, 0.3) is 5.13 Å². The Labute approximate surface area is 175 Å². The molecule has 1 amide bonds. The third-order valence-electron chi connectivity index (χ3n) is 5.56. The van der Waals surface area contributed by atoms with Crippen molar-refractivity contribution < 1.29 is 4.79 Å². The van der Waals surface area contributed by atoms with Crippen molar-refractivity contribution in [2.75, 3.05) is 23.3 Å². The average molecular weight is 410 g/mol. The molecule has 7 heteroatoms. The molecule has 0 aliphatic carbocycles. The second-order valence-corrected chi connectivity index (χ2v) is 8.58. The van der Waals surface area contributed by atoms with Gasteiger partial charge in [-0.25, -0.2) is 0 Å². The molecule has 1 aromatic carbocycles. The molecular weight excluding hydrogens is 382 g/mol. The van der Waals surface area contributed by atoms with E-state index in [0.717, 1.165) is 53.1 Å². The highest BCUT2D eigenvalue weighted by Crippen LogP contribution is 2.29. The zero-order valence-corrected chi connectivity index (χ0v) is 18.0. The summed E-state index contributed by atoms with van der Waals surface area (Å²) < 4.78 is 2.12. The van der Waals surface area contributed by atoms with E-state index in [1.165, 1.54) is 5.56 Å². The Morgan fingerprint density at radius 2 is 1.79 bits per heavy atom. The molecule has 2 aromatic heterocycles. The van der Waals surface area contributed by atoms with Gasteiger partial charge in [0.05, 0.1) is 5.92 Å². The van der Waals surface area contributed by atoms with Gasteiger partial charge in [-0.3, -0.25) is 9.36 Å². The maximum atomic E-state index is 12.8. The molecule has 1 aliphatic heterocycles. The first-order valence-electron chi connectivity index (χ1n) is 10.2. The fourth-order valence-electron chi connectivity index (χ4n) is 3.83. The van der Waals surface area contributed by atoms with E-state index in [1.807, 2.05) is 12.1 Å². The van der Waals surface area contributed by atoms with Gasteiger partial charge in [0.1, 0.15) is 0 Å². The summed E-state index contributed by atoms with van der Waals surface area (Å²) in [6.45, 7) is 7.86. The van der Waals surface area contributed by atoms with Crippen LogP contribution < -0.4 is 10.2 Å². The minimum absolute atomic E-state index is 0.0444. The maximum Gasteiger partial charge on any atom is 0.229 e. The van der Waals surface area contributed by atoms with Crippen LogP contribution in [0.15, 0.2) is 36.4 Å². The fourth-order valence-corrected chi connectivity index (χ4v) is 4.83. The van der Waals surface area contributed by atoms with Crippen molar-refractivity contribution in [2.45, 2.75) is 40.0 Å². The van der Waals surface area contributed by atoms with Crippen molar-refractivity contribution in [2.24, 2.45) is 5.92 Å². The van der Waals surface area contributed by atoms with Gasteiger partial charge in [0.15, 0.2) is 0 Å². The number of nitrogens with zero attached hydrogens (tertiary/aromatic N) is 4. The number of anilines is 2. The van der Waals surface area contributed by atoms with Gasteiger partial charge in [-0.05, 0) is 62.9 Å². The average Bonchev–Trinajstić information content (AvgIpc) is 3.35. The largest absolute Gasteiger partial charge is 0.346 e.